The number of hydrazine groups is 1. The van der Waals surface area contributed by atoms with Gasteiger partial charge in [0.25, 0.3) is 5.91 Å². The number of nitrogens with one attached hydrogen (secondary N) is 2. The van der Waals surface area contributed by atoms with E-state index in [-0.39, 0.29) is 5.54 Å². The number of hydrogen-bond acceptors (Lipinski definition) is 5. The van der Waals surface area contributed by atoms with Crippen LogP contribution in [0.2, 0.25) is 5.02 Å². The Balaban J connectivity index is 1.79. The molecule has 0 aliphatic heterocycles. The minimum absolute atomic E-state index is 0.164. The Hall–Kier alpha value is -2.18. The monoisotopic (exact) mass is 303 g/mol. The van der Waals surface area contributed by atoms with E-state index >= 15 is 0 Å². The van der Waals surface area contributed by atoms with Gasteiger partial charge < -0.3 is 5.32 Å². The Morgan fingerprint density at radius 2 is 2.00 bits per heavy atom. The molecule has 1 fully saturated rings. The number of carbonyl (C=O) groups is 1. The van der Waals surface area contributed by atoms with Crippen molar-refractivity contribution in [2.45, 2.75) is 18.4 Å². The van der Waals surface area contributed by atoms with Crippen molar-refractivity contribution in [2.75, 3.05) is 5.32 Å². The van der Waals surface area contributed by atoms with Crippen LogP contribution in [0.15, 0.2) is 36.7 Å². The molecule has 1 aliphatic rings. The number of benzene rings is 1. The first-order chi connectivity index (χ1) is 10.1. The minimum atomic E-state index is -0.419. The zero-order valence-electron chi connectivity index (χ0n) is 11.1. The highest BCUT2D eigenvalue weighted by Gasteiger charge is 2.45. The van der Waals surface area contributed by atoms with Gasteiger partial charge in [-0.05, 0) is 30.5 Å². The SMILES string of the molecule is NNC(=O)c1cnc(NC2(c3cccc(Cl)c3)CC2)nc1. The van der Waals surface area contributed by atoms with Crippen LogP contribution in [0.25, 0.3) is 0 Å². The summed E-state index contributed by atoms with van der Waals surface area (Å²) < 4.78 is 0. The van der Waals surface area contributed by atoms with Crippen LogP contribution < -0.4 is 16.6 Å². The van der Waals surface area contributed by atoms with E-state index in [1.54, 1.807) is 0 Å². The number of nitrogen functional groups attached to an aromatic ring is 1. The Morgan fingerprint density at radius 3 is 2.57 bits per heavy atom. The minimum Gasteiger partial charge on any atom is -0.345 e. The molecule has 1 aromatic heterocycles. The van der Waals surface area contributed by atoms with Crippen molar-refractivity contribution in [1.82, 2.24) is 15.4 Å². The molecule has 1 saturated carbocycles. The van der Waals surface area contributed by atoms with Crippen molar-refractivity contribution in [3.63, 3.8) is 0 Å². The quantitative estimate of drug-likeness (QED) is 0.455. The second kappa shape index (κ2) is 5.31. The molecule has 2 aromatic rings. The van der Waals surface area contributed by atoms with E-state index in [2.05, 4.69) is 15.3 Å². The molecule has 0 bridgehead atoms. The lowest BCUT2D eigenvalue weighted by molar-refractivity contribution is 0.0953. The molecular weight excluding hydrogens is 290 g/mol. The standard InChI is InChI=1S/C14H14ClN5O/c15-11-3-1-2-10(6-11)14(4-5-14)19-13-17-7-9(8-18-13)12(21)20-16/h1-3,6-8H,4-5,16H2,(H,20,21)(H,17,18,19). The predicted molar refractivity (Wildman–Crippen MR) is 79.7 cm³/mol. The molecule has 0 radical (unpaired) electrons. The van der Waals surface area contributed by atoms with Crippen LogP contribution in [0, 0.1) is 0 Å². The summed E-state index contributed by atoms with van der Waals surface area (Å²) in [6, 6.07) is 7.74. The number of carbonyl (C=O) groups excluding carboxylic acids is 1. The summed E-state index contributed by atoms with van der Waals surface area (Å²) in [7, 11) is 0. The number of anilines is 1. The number of rotatable bonds is 4. The van der Waals surface area contributed by atoms with E-state index in [0.29, 0.717) is 16.5 Å². The Bertz CT molecular complexity index is 669. The number of nitrogens with zero attached hydrogens (tertiary/aromatic N) is 2. The highest BCUT2D eigenvalue weighted by Crippen LogP contribution is 2.48. The maximum Gasteiger partial charge on any atom is 0.268 e. The third kappa shape index (κ3) is 2.81. The van der Waals surface area contributed by atoms with Crippen molar-refractivity contribution in [3.8, 4) is 0 Å². The van der Waals surface area contributed by atoms with Gasteiger partial charge in [0.05, 0.1) is 11.1 Å². The van der Waals surface area contributed by atoms with Gasteiger partial charge in [-0.1, -0.05) is 23.7 Å². The molecule has 0 saturated heterocycles. The average molecular weight is 304 g/mol. The molecule has 0 unspecified atom stereocenters. The third-order valence-electron chi connectivity index (χ3n) is 3.52. The molecule has 0 atom stereocenters. The van der Waals surface area contributed by atoms with E-state index in [9.17, 15) is 4.79 Å². The van der Waals surface area contributed by atoms with Crippen LogP contribution >= 0.6 is 11.6 Å². The van der Waals surface area contributed by atoms with Crippen molar-refractivity contribution < 1.29 is 4.79 Å². The zero-order chi connectivity index (χ0) is 14.9. The molecule has 108 valence electrons. The molecule has 1 heterocycles. The zero-order valence-corrected chi connectivity index (χ0v) is 11.9. The van der Waals surface area contributed by atoms with Crippen molar-refractivity contribution in [2.24, 2.45) is 5.84 Å². The van der Waals surface area contributed by atoms with Crippen LogP contribution in [0.1, 0.15) is 28.8 Å². The first-order valence-corrected chi connectivity index (χ1v) is 6.88. The van der Waals surface area contributed by atoms with Crippen LogP contribution in [0.5, 0.6) is 0 Å². The average Bonchev–Trinajstić information content (AvgIpc) is 3.28. The van der Waals surface area contributed by atoms with E-state index in [4.69, 9.17) is 17.4 Å². The summed E-state index contributed by atoms with van der Waals surface area (Å²) >= 11 is 6.04. The largest absolute Gasteiger partial charge is 0.345 e. The highest BCUT2D eigenvalue weighted by molar-refractivity contribution is 6.30. The van der Waals surface area contributed by atoms with Crippen molar-refractivity contribution >= 4 is 23.5 Å². The smallest absolute Gasteiger partial charge is 0.268 e. The maximum atomic E-state index is 11.3. The molecule has 4 N–H and O–H groups in total. The van der Waals surface area contributed by atoms with E-state index in [0.717, 1.165) is 18.4 Å². The van der Waals surface area contributed by atoms with Crippen LogP contribution in [-0.4, -0.2) is 15.9 Å². The number of aromatic nitrogens is 2. The first-order valence-electron chi connectivity index (χ1n) is 6.50. The van der Waals surface area contributed by atoms with E-state index in [1.165, 1.54) is 12.4 Å². The maximum absolute atomic E-state index is 11.3. The van der Waals surface area contributed by atoms with Gasteiger partial charge in [-0.15, -0.1) is 0 Å². The van der Waals surface area contributed by atoms with Gasteiger partial charge in [0, 0.05) is 17.4 Å². The fraction of sp³-hybridized carbons (Fsp3) is 0.214. The molecule has 1 aromatic carbocycles. The van der Waals surface area contributed by atoms with Crippen LogP contribution in [0.3, 0.4) is 0 Å². The molecule has 0 spiro atoms. The van der Waals surface area contributed by atoms with Gasteiger partial charge in [0.2, 0.25) is 5.95 Å². The second-order valence-corrected chi connectivity index (χ2v) is 5.42. The van der Waals surface area contributed by atoms with Gasteiger partial charge >= 0.3 is 0 Å². The normalized spacial score (nSPS) is 15.3. The van der Waals surface area contributed by atoms with Crippen molar-refractivity contribution in [3.05, 3.63) is 52.8 Å². The Morgan fingerprint density at radius 1 is 1.29 bits per heavy atom. The summed E-state index contributed by atoms with van der Waals surface area (Å²) in [5, 5.41) is 4.02. The second-order valence-electron chi connectivity index (χ2n) is 4.99. The lowest BCUT2D eigenvalue weighted by atomic mass is 10.1. The molecule has 1 amide bonds. The van der Waals surface area contributed by atoms with Crippen molar-refractivity contribution in [1.29, 1.82) is 0 Å². The lowest BCUT2D eigenvalue weighted by Gasteiger charge is -2.18. The van der Waals surface area contributed by atoms with Gasteiger partial charge in [-0.25, -0.2) is 15.8 Å². The van der Waals surface area contributed by atoms with E-state index in [1.807, 2.05) is 29.7 Å². The number of hydrogen-bond donors (Lipinski definition) is 3. The summed E-state index contributed by atoms with van der Waals surface area (Å²) in [5.41, 5.74) is 3.30. The van der Waals surface area contributed by atoms with Gasteiger partial charge in [-0.3, -0.25) is 10.2 Å². The third-order valence-corrected chi connectivity index (χ3v) is 3.76. The summed E-state index contributed by atoms with van der Waals surface area (Å²) in [4.78, 5) is 19.6. The lowest BCUT2D eigenvalue weighted by Crippen LogP contribution is -2.30. The summed E-state index contributed by atoms with van der Waals surface area (Å²) in [5.74, 6) is 5.12. The van der Waals surface area contributed by atoms with Crippen LogP contribution in [-0.2, 0) is 5.54 Å². The number of halogens is 1. The molecule has 7 heteroatoms. The van der Waals surface area contributed by atoms with E-state index < -0.39 is 5.91 Å². The van der Waals surface area contributed by atoms with Gasteiger partial charge in [-0.2, -0.15) is 0 Å². The molecule has 3 rings (SSSR count). The number of amides is 1. The van der Waals surface area contributed by atoms with Gasteiger partial charge in [0.1, 0.15) is 0 Å². The molecule has 1 aliphatic carbocycles. The molecular formula is C14H14ClN5O. The highest BCUT2D eigenvalue weighted by atomic mass is 35.5. The Kier molecular flexibility index (Phi) is 3.48. The fourth-order valence-electron chi connectivity index (χ4n) is 2.20. The molecule has 21 heavy (non-hydrogen) atoms. The molecule has 6 nitrogen and oxygen atoms in total. The van der Waals surface area contributed by atoms with Crippen LogP contribution in [0.4, 0.5) is 5.95 Å². The Labute approximate surface area is 126 Å². The van der Waals surface area contributed by atoms with Gasteiger partial charge in [0.15, 0.2) is 0 Å². The first kappa shape index (κ1) is 13.8. The summed E-state index contributed by atoms with van der Waals surface area (Å²) in [6.45, 7) is 0. The number of nitrogens with two attached hydrogens (primary N) is 1. The summed E-state index contributed by atoms with van der Waals surface area (Å²) in [6.07, 6.45) is 4.85. The topological polar surface area (TPSA) is 92.9 Å². The predicted octanol–water partition coefficient (Wildman–Crippen LogP) is 1.83. The fourth-order valence-corrected chi connectivity index (χ4v) is 2.39.